The average molecular weight is 423 g/mol. The van der Waals surface area contributed by atoms with E-state index in [0.29, 0.717) is 30.6 Å². The molecular formula is C24H38O6. The van der Waals surface area contributed by atoms with Crippen molar-refractivity contribution in [3.05, 3.63) is 12.2 Å². The fourth-order valence-electron chi connectivity index (χ4n) is 4.80. The standard InChI is InChI=1S/C24H38O6/c1-17(2)23(27)29-15-5-3-4-6-16-30-24(28)21-13-9-19(10-14-21)18-7-11-20(12-8-18)22(25)26/h18-21H,1,3-16H2,2H3,(H,25,26). The predicted molar refractivity (Wildman–Crippen MR) is 114 cm³/mol. The summed E-state index contributed by atoms with van der Waals surface area (Å²) in [5, 5.41) is 9.14. The van der Waals surface area contributed by atoms with Crippen LogP contribution >= 0.6 is 0 Å². The van der Waals surface area contributed by atoms with Crippen LogP contribution in [0.4, 0.5) is 0 Å². The highest BCUT2D eigenvalue weighted by atomic mass is 16.5. The molecule has 0 radical (unpaired) electrons. The van der Waals surface area contributed by atoms with Crippen LogP contribution in [0.2, 0.25) is 0 Å². The van der Waals surface area contributed by atoms with Crippen LogP contribution in [0.5, 0.6) is 0 Å². The number of ether oxygens (including phenoxy) is 2. The van der Waals surface area contributed by atoms with Gasteiger partial charge in [0.1, 0.15) is 0 Å². The molecule has 0 aromatic rings. The van der Waals surface area contributed by atoms with Gasteiger partial charge in [0.05, 0.1) is 25.0 Å². The van der Waals surface area contributed by atoms with Gasteiger partial charge < -0.3 is 14.6 Å². The zero-order valence-electron chi connectivity index (χ0n) is 18.4. The molecule has 2 fully saturated rings. The van der Waals surface area contributed by atoms with Crippen molar-refractivity contribution in [2.75, 3.05) is 13.2 Å². The Kier molecular flexibility index (Phi) is 10.4. The molecule has 0 spiro atoms. The van der Waals surface area contributed by atoms with Crippen molar-refractivity contribution in [2.24, 2.45) is 23.7 Å². The van der Waals surface area contributed by atoms with Gasteiger partial charge in [-0.15, -0.1) is 0 Å². The lowest BCUT2D eigenvalue weighted by molar-refractivity contribution is -0.150. The predicted octanol–water partition coefficient (Wildman–Crippen LogP) is 4.91. The minimum Gasteiger partial charge on any atom is -0.481 e. The molecule has 0 amide bonds. The van der Waals surface area contributed by atoms with Gasteiger partial charge in [0, 0.05) is 5.57 Å². The van der Waals surface area contributed by atoms with Crippen molar-refractivity contribution >= 4 is 17.9 Å². The molecule has 30 heavy (non-hydrogen) atoms. The van der Waals surface area contributed by atoms with Crippen molar-refractivity contribution in [1.82, 2.24) is 0 Å². The Hall–Kier alpha value is -1.85. The maximum absolute atomic E-state index is 12.3. The number of carbonyl (C=O) groups excluding carboxylic acids is 2. The lowest BCUT2D eigenvalue weighted by atomic mass is 9.69. The van der Waals surface area contributed by atoms with Crippen molar-refractivity contribution in [2.45, 2.75) is 84.0 Å². The first kappa shape index (κ1) is 24.4. The molecular weight excluding hydrogens is 384 g/mol. The topological polar surface area (TPSA) is 89.9 Å². The van der Waals surface area contributed by atoms with E-state index in [4.69, 9.17) is 14.6 Å². The Labute approximate surface area is 180 Å². The summed E-state index contributed by atoms with van der Waals surface area (Å²) in [5.74, 6) is 0.100. The van der Waals surface area contributed by atoms with E-state index < -0.39 is 5.97 Å². The van der Waals surface area contributed by atoms with Crippen molar-refractivity contribution in [1.29, 1.82) is 0 Å². The first-order valence-electron chi connectivity index (χ1n) is 11.6. The van der Waals surface area contributed by atoms with Gasteiger partial charge in [-0.3, -0.25) is 9.59 Å². The third-order valence-corrected chi connectivity index (χ3v) is 6.76. The molecule has 0 unspecified atom stereocenters. The number of rotatable bonds is 11. The van der Waals surface area contributed by atoms with Crippen molar-refractivity contribution < 1.29 is 29.0 Å². The van der Waals surface area contributed by atoms with Crippen LogP contribution in [0.1, 0.15) is 84.0 Å². The summed E-state index contributed by atoms with van der Waals surface area (Å²) in [6.45, 7) is 6.05. The van der Waals surface area contributed by atoms with Gasteiger partial charge in [-0.2, -0.15) is 0 Å². The van der Waals surface area contributed by atoms with E-state index in [-0.39, 0.29) is 23.8 Å². The van der Waals surface area contributed by atoms with Crippen LogP contribution in [0, 0.1) is 23.7 Å². The van der Waals surface area contributed by atoms with Gasteiger partial charge in [0.2, 0.25) is 0 Å². The van der Waals surface area contributed by atoms with Crippen molar-refractivity contribution in [3.63, 3.8) is 0 Å². The number of esters is 2. The highest BCUT2D eigenvalue weighted by Crippen LogP contribution is 2.41. The number of hydrogen-bond donors (Lipinski definition) is 1. The summed E-state index contributed by atoms with van der Waals surface area (Å²) in [5.41, 5.74) is 0.418. The molecule has 0 aromatic carbocycles. The quantitative estimate of drug-likeness (QED) is 0.289. The summed E-state index contributed by atoms with van der Waals surface area (Å²) >= 11 is 0. The molecule has 2 aliphatic carbocycles. The fraction of sp³-hybridized carbons (Fsp3) is 0.792. The third-order valence-electron chi connectivity index (χ3n) is 6.76. The maximum atomic E-state index is 12.3. The Morgan fingerprint density at radius 3 is 1.70 bits per heavy atom. The van der Waals surface area contributed by atoms with Crippen molar-refractivity contribution in [3.8, 4) is 0 Å². The summed E-state index contributed by atoms with van der Waals surface area (Å²) < 4.78 is 10.5. The number of carboxylic acid groups (broad SMARTS) is 1. The highest BCUT2D eigenvalue weighted by molar-refractivity contribution is 5.86. The number of carbonyl (C=O) groups is 3. The molecule has 2 rings (SSSR count). The molecule has 2 saturated carbocycles. The van der Waals surface area contributed by atoms with Gasteiger partial charge in [-0.25, -0.2) is 4.79 Å². The molecule has 0 atom stereocenters. The molecule has 0 bridgehead atoms. The summed E-state index contributed by atoms with van der Waals surface area (Å²) in [7, 11) is 0. The van der Waals surface area contributed by atoms with E-state index in [9.17, 15) is 14.4 Å². The van der Waals surface area contributed by atoms with Crippen LogP contribution < -0.4 is 0 Å². The maximum Gasteiger partial charge on any atom is 0.333 e. The van der Waals surface area contributed by atoms with Crippen LogP contribution in [0.3, 0.4) is 0 Å². The molecule has 0 saturated heterocycles. The first-order valence-corrected chi connectivity index (χ1v) is 11.6. The summed E-state index contributed by atoms with van der Waals surface area (Å²) in [4.78, 5) is 34.7. The number of carboxylic acids is 1. The molecule has 0 heterocycles. The lowest BCUT2D eigenvalue weighted by Crippen LogP contribution is -2.30. The number of unbranched alkanes of at least 4 members (excludes halogenated alkanes) is 3. The number of hydrogen-bond acceptors (Lipinski definition) is 5. The SMILES string of the molecule is C=C(C)C(=O)OCCCCCCOC(=O)C1CCC(C2CCC(C(=O)O)CC2)CC1. The van der Waals surface area contributed by atoms with E-state index in [0.717, 1.165) is 77.0 Å². The largest absolute Gasteiger partial charge is 0.481 e. The second-order valence-electron chi connectivity index (χ2n) is 9.06. The summed E-state index contributed by atoms with van der Waals surface area (Å²) in [6.07, 6.45) is 11.1. The van der Waals surface area contributed by atoms with Gasteiger partial charge in [-0.1, -0.05) is 6.58 Å². The highest BCUT2D eigenvalue weighted by Gasteiger charge is 2.34. The van der Waals surface area contributed by atoms with E-state index in [1.54, 1.807) is 6.92 Å². The van der Waals surface area contributed by atoms with E-state index in [1.807, 2.05) is 0 Å². The third kappa shape index (κ3) is 8.11. The fourth-order valence-corrected chi connectivity index (χ4v) is 4.80. The molecule has 0 aliphatic heterocycles. The zero-order chi connectivity index (χ0) is 21.9. The van der Waals surface area contributed by atoms with Crippen LogP contribution in [0.25, 0.3) is 0 Å². The molecule has 2 aliphatic rings. The molecule has 0 aromatic heterocycles. The first-order chi connectivity index (χ1) is 14.4. The summed E-state index contributed by atoms with van der Waals surface area (Å²) in [6, 6.07) is 0. The van der Waals surface area contributed by atoms with Gasteiger partial charge in [0.15, 0.2) is 0 Å². The van der Waals surface area contributed by atoms with E-state index in [2.05, 4.69) is 6.58 Å². The van der Waals surface area contributed by atoms with Gasteiger partial charge >= 0.3 is 17.9 Å². The minimum atomic E-state index is -0.647. The average Bonchev–Trinajstić information content (AvgIpc) is 2.75. The van der Waals surface area contributed by atoms with Crippen LogP contribution in [-0.4, -0.2) is 36.2 Å². The molecule has 1 N–H and O–H groups in total. The Morgan fingerprint density at radius 2 is 1.23 bits per heavy atom. The monoisotopic (exact) mass is 422 g/mol. The lowest BCUT2D eigenvalue weighted by Gasteiger charge is -2.36. The zero-order valence-corrected chi connectivity index (χ0v) is 18.4. The normalized spacial score (nSPS) is 26.6. The molecule has 170 valence electrons. The smallest absolute Gasteiger partial charge is 0.333 e. The molecule has 6 nitrogen and oxygen atoms in total. The molecule has 6 heteroatoms. The Bertz CT molecular complexity index is 583. The number of aliphatic carboxylic acids is 1. The minimum absolute atomic E-state index is 0.0261. The Morgan fingerprint density at radius 1 is 0.767 bits per heavy atom. The Balaban J connectivity index is 1.50. The van der Waals surface area contributed by atoms with Crippen LogP contribution in [0.15, 0.2) is 12.2 Å². The van der Waals surface area contributed by atoms with Crippen LogP contribution in [-0.2, 0) is 23.9 Å². The van der Waals surface area contributed by atoms with E-state index >= 15 is 0 Å². The van der Waals surface area contributed by atoms with E-state index in [1.165, 1.54) is 0 Å². The van der Waals surface area contributed by atoms with Gasteiger partial charge in [0.25, 0.3) is 0 Å². The van der Waals surface area contributed by atoms with Gasteiger partial charge in [-0.05, 0) is 95.8 Å². The second-order valence-corrected chi connectivity index (χ2v) is 9.06. The second kappa shape index (κ2) is 12.8.